The Hall–Kier alpha value is -0.700. The van der Waals surface area contributed by atoms with Crippen LogP contribution in [-0.4, -0.2) is 56.9 Å². The van der Waals surface area contributed by atoms with E-state index in [1.165, 1.54) is 0 Å². The molecule has 0 amide bonds. The van der Waals surface area contributed by atoms with Crippen molar-refractivity contribution in [2.75, 3.05) is 40.8 Å². The average Bonchev–Trinajstić information content (AvgIpc) is 2.14. The number of aliphatic imine (C=N–C) groups is 2. The molecule has 0 bridgehead atoms. The van der Waals surface area contributed by atoms with Gasteiger partial charge in [0.25, 0.3) is 0 Å². The molecular formula is C9H21N3O. The molecule has 4 heteroatoms. The molecule has 0 aliphatic rings. The van der Waals surface area contributed by atoms with Gasteiger partial charge in [0.1, 0.15) is 0 Å². The first-order chi connectivity index (χ1) is 6.27. The Kier molecular flexibility index (Phi) is 15.8. The third-order valence-electron chi connectivity index (χ3n) is 1.17. The smallest absolute Gasteiger partial charge is 0.0892 e. The van der Waals surface area contributed by atoms with Crippen molar-refractivity contribution in [2.45, 2.75) is 13.3 Å². The number of aliphatic hydroxyl groups is 1. The summed E-state index contributed by atoms with van der Waals surface area (Å²) in [4.78, 5) is 9.99. The Bertz CT molecular complexity index is 140. The van der Waals surface area contributed by atoms with Gasteiger partial charge in [-0.1, -0.05) is 0 Å². The van der Waals surface area contributed by atoms with E-state index in [1.807, 2.05) is 6.92 Å². The van der Waals surface area contributed by atoms with E-state index in [2.05, 4.69) is 35.0 Å². The van der Waals surface area contributed by atoms with Gasteiger partial charge in [-0.3, -0.25) is 0 Å². The van der Waals surface area contributed by atoms with Crippen LogP contribution in [0, 0.1) is 0 Å². The Balaban J connectivity index is 0. The van der Waals surface area contributed by atoms with Crippen molar-refractivity contribution < 1.29 is 5.11 Å². The van der Waals surface area contributed by atoms with Crippen LogP contribution in [0.1, 0.15) is 13.3 Å². The lowest BCUT2D eigenvalue weighted by atomic mass is 10.4. The maximum Gasteiger partial charge on any atom is 0.0892 e. The first-order valence-electron chi connectivity index (χ1n) is 4.44. The van der Waals surface area contributed by atoms with Crippen LogP contribution in [0.4, 0.5) is 0 Å². The first-order valence-corrected chi connectivity index (χ1v) is 4.44. The van der Waals surface area contributed by atoms with Gasteiger partial charge in [-0.2, -0.15) is 0 Å². The monoisotopic (exact) mass is 187 g/mol. The van der Waals surface area contributed by atoms with Crippen LogP contribution < -0.4 is 0 Å². The van der Waals surface area contributed by atoms with Crippen LogP contribution in [0.2, 0.25) is 0 Å². The van der Waals surface area contributed by atoms with E-state index in [9.17, 15) is 0 Å². The van der Waals surface area contributed by atoms with Gasteiger partial charge in [-0.25, -0.2) is 9.98 Å². The SMILES string of the molecule is CCN=C=NCCCN(C)C.CO. The van der Waals surface area contributed by atoms with Crippen LogP contribution >= 0.6 is 0 Å². The molecule has 0 aromatic rings. The zero-order valence-electron chi connectivity index (χ0n) is 9.12. The Morgan fingerprint density at radius 3 is 2.31 bits per heavy atom. The third-order valence-corrected chi connectivity index (χ3v) is 1.17. The molecule has 13 heavy (non-hydrogen) atoms. The number of rotatable bonds is 5. The second-order valence-corrected chi connectivity index (χ2v) is 2.61. The van der Waals surface area contributed by atoms with Gasteiger partial charge in [0.2, 0.25) is 0 Å². The van der Waals surface area contributed by atoms with E-state index in [0.29, 0.717) is 0 Å². The fraction of sp³-hybridized carbons (Fsp3) is 0.889. The highest BCUT2D eigenvalue weighted by Gasteiger charge is 1.86. The Labute approximate surface area is 81.0 Å². The van der Waals surface area contributed by atoms with Crippen LogP contribution in [0.15, 0.2) is 9.98 Å². The Morgan fingerprint density at radius 1 is 1.23 bits per heavy atom. The molecule has 0 rings (SSSR count). The molecule has 0 aromatic carbocycles. The molecular weight excluding hydrogens is 166 g/mol. The molecule has 0 heterocycles. The molecule has 0 saturated carbocycles. The number of hydrogen-bond donors (Lipinski definition) is 1. The van der Waals surface area contributed by atoms with Crippen molar-refractivity contribution >= 4 is 6.01 Å². The largest absolute Gasteiger partial charge is 0.400 e. The highest BCUT2D eigenvalue weighted by molar-refractivity contribution is 5.40. The lowest BCUT2D eigenvalue weighted by Gasteiger charge is -2.05. The van der Waals surface area contributed by atoms with Crippen molar-refractivity contribution in [3.05, 3.63) is 0 Å². The molecule has 0 aromatic heterocycles. The molecule has 78 valence electrons. The molecule has 0 atom stereocenters. The second-order valence-electron chi connectivity index (χ2n) is 2.61. The molecule has 0 radical (unpaired) electrons. The van der Waals surface area contributed by atoms with Crippen molar-refractivity contribution in [3.63, 3.8) is 0 Å². The van der Waals surface area contributed by atoms with Gasteiger partial charge in [0.15, 0.2) is 0 Å². The average molecular weight is 187 g/mol. The number of hydrogen-bond acceptors (Lipinski definition) is 4. The summed E-state index contributed by atoms with van der Waals surface area (Å²) in [6, 6.07) is 2.64. The minimum Gasteiger partial charge on any atom is -0.400 e. The summed E-state index contributed by atoms with van der Waals surface area (Å²) in [6.07, 6.45) is 1.08. The zero-order chi connectivity index (χ0) is 10.5. The van der Waals surface area contributed by atoms with Crippen LogP contribution in [0.3, 0.4) is 0 Å². The summed E-state index contributed by atoms with van der Waals surface area (Å²) in [5.41, 5.74) is 0. The van der Waals surface area contributed by atoms with Gasteiger partial charge < -0.3 is 10.0 Å². The standard InChI is InChI=1S/C8H17N3.CH4O/c1-4-9-8-10-6-5-7-11(2)3;1-2/h4-7H2,1-3H3;2H,1H3. The molecule has 1 N–H and O–H groups in total. The summed E-state index contributed by atoms with van der Waals surface area (Å²) < 4.78 is 0. The van der Waals surface area contributed by atoms with Crippen LogP contribution in [0.25, 0.3) is 0 Å². The third kappa shape index (κ3) is 18.3. The van der Waals surface area contributed by atoms with Crippen molar-refractivity contribution in [2.24, 2.45) is 9.98 Å². The summed E-state index contributed by atoms with van der Waals surface area (Å²) in [6.45, 7) is 4.67. The minimum absolute atomic E-state index is 0.775. The number of aliphatic hydroxyl groups excluding tert-OH is 1. The van der Waals surface area contributed by atoms with E-state index >= 15 is 0 Å². The maximum absolute atomic E-state index is 7.00. The fourth-order valence-corrected chi connectivity index (χ4v) is 0.637. The van der Waals surface area contributed by atoms with E-state index in [0.717, 1.165) is 33.2 Å². The molecule has 0 saturated heterocycles. The lowest BCUT2D eigenvalue weighted by molar-refractivity contribution is 0.399. The summed E-state index contributed by atoms with van der Waals surface area (Å²) in [5, 5.41) is 7.00. The molecule has 0 aliphatic heterocycles. The van der Waals surface area contributed by atoms with E-state index in [-0.39, 0.29) is 0 Å². The molecule has 4 nitrogen and oxygen atoms in total. The van der Waals surface area contributed by atoms with E-state index in [4.69, 9.17) is 5.11 Å². The van der Waals surface area contributed by atoms with Gasteiger partial charge in [0.05, 0.1) is 12.6 Å². The topological polar surface area (TPSA) is 48.2 Å². The fourth-order valence-electron chi connectivity index (χ4n) is 0.637. The summed E-state index contributed by atoms with van der Waals surface area (Å²) in [5.74, 6) is 0. The lowest BCUT2D eigenvalue weighted by Crippen LogP contribution is -2.13. The highest BCUT2D eigenvalue weighted by Crippen LogP contribution is 1.82. The molecule has 0 fully saturated rings. The molecule has 0 unspecified atom stereocenters. The normalized spacial score (nSPS) is 8.46. The Morgan fingerprint density at radius 2 is 1.85 bits per heavy atom. The van der Waals surface area contributed by atoms with Gasteiger partial charge in [-0.15, -0.1) is 0 Å². The minimum atomic E-state index is 0.775. The quantitative estimate of drug-likeness (QED) is 0.510. The van der Waals surface area contributed by atoms with Crippen LogP contribution in [0.5, 0.6) is 0 Å². The maximum atomic E-state index is 7.00. The van der Waals surface area contributed by atoms with Crippen LogP contribution in [-0.2, 0) is 0 Å². The van der Waals surface area contributed by atoms with Crippen molar-refractivity contribution in [1.29, 1.82) is 0 Å². The molecule has 0 spiro atoms. The molecule has 0 aliphatic carbocycles. The number of nitrogens with zero attached hydrogens (tertiary/aromatic N) is 3. The van der Waals surface area contributed by atoms with Gasteiger partial charge in [0, 0.05) is 13.7 Å². The van der Waals surface area contributed by atoms with Gasteiger partial charge >= 0.3 is 0 Å². The van der Waals surface area contributed by atoms with Crippen molar-refractivity contribution in [3.8, 4) is 0 Å². The first kappa shape index (κ1) is 14.8. The van der Waals surface area contributed by atoms with Crippen molar-refractivity contribution in [1.82, 2.24) is 4.90 Å². The van der Waals surface area contributed by atoms with E-state index < -0.39 is 0 Å². The highest BCUT2D eigenvalue weighted by atomic mass is 16.2. The van der Waals surface area contributed by atoms with Gasteiger partial charge in [-0.05, 0) is 34.0 Å². The summed E-state index contributed by atoms with van der Waals surface area (Å²) >= 11 is 0. The predicted molar refractivity (Wildman–Crippen MR) is 56.6 cm³/mol. The zero-order valence-corrected chi connectivity index (χ0v) is 9.12. The summed E-state index contributed by atoms with van der Waals surface area (Å²) in [7, 11) is 5.12. The second kappa shape index (κ2) is 13.9. The predicted octanol–water partition coefficient (Wildman–Crippen LogP) is 0.740. The van der Waals surface area contributed by atoms with E-state index in [1.54, 1.807) is 0 Å².